The lowest BCUT2D eigenvalue weighted by Gasteiger charge is -2.28. The molecule has 3 rings (SSSR count). The largest absolute Gasteiger partial charge is 0.335 e. The Kier molecular flexibility index (Phi) is 6.77. The van der Waals surface area contributed by atoms with Gasteiger partial charge in [-0.3, -0.25) is 9.48 Å². The van der Waals surface area contributed by atoms with Crippen molar-refractivity contribution < 1.29 is 4.79 Å². The minimum atomic E-state index is 0.184. The molecule has 1 aromatic heterocycles. The van der Waals surface area contributed by atoms with Gasteiger partial charge in [-0.1, -0.05) is 37.3 Å². The molecule has 1 aromatic rings. The van der Waals surface area contributed by atoms with Crippen molar-refractivity contribution in [1.82, 2.24) is 19.6 Å². The highest BCUT2D eigenvalue weighted by Gasteiger charge is 2.27. The van der Waals surface area contributed by atoms with Crippen molar-refractivity contribution in [3.63, 3.8) is 0 Å². The maximum absolute atomic E-state index is 13.2. The molecule has 1 saturated carbocycles. The summed E-state index contributed by atoms with van der Waals surface area (Å²) in [5, 5.41) is 5.11. The second kappa shape index (κ2) is 9.04. The summed E-state index contributed by atoms with van der Waals surface area (Å²) in [5.74, 6) is 0.492. The van der Waals surface area contributed by atoms with Gasteiger partial charge in [-0.05, 0) is 38.8 Å². The van der Waals surface area contributed by atoms with Crippen molar-refractivity contribution in [3.05, 3.63) is 16.9 Å². The van der Waals surface area contributed by atoms with Crippen molar-refractivity contribution in [2.24, 2.45) is 13.0 Å². The first-order chi connectivity index (χ1) is 12.1. The Morgan fingerprint density at radius 2 is 1.88 bits per heavy atom. The predicted octanol–water partition coefficient (Wildman–Crippen LogP) is 3.47. The minimum absolute atomic E-state index is 0.184. The van der Waals surface area contributed by atoms with E-state index < -0.39 is 0 Å². The standard InChI is InChI=1S/C19H31ClN4O/c1-22-14-17(20)18(21-22)15-24(13-12-23-10-6-7-11-23)19(25)16-8-4-2-3-5-9-16/h14,16H,2-13,15H2,1H3. The summed E-state index contributed by atoms with van der Waals surface area (Å²) in [6.07, 6.45) is 11.3. The van der Waals surface area contributed by atoms with Gasteiger partial charge in [-0.2, -0.15) is 5.10 Å². The van der Waals surface area contributed by atoms with E-state index in [9.17, 15) is 4.79 Å². The molecule has 0 radical (unpaired) electrons. The summed E-state index contributed by atoms with van der Waals surface area (Å²) in [6, 6.07) is 0. The molecule has 25 heavy (non-hydrogen) atoms. The van der Waals surface area contributed by atoms with Gasteiger partial charge in [0.2, 0.25) is 5.91 Å². The van der Waals surface area contributed by atoms with Gasteiger partial charge in [0.15, 0.2) is 0 Å². The van der Waals surface area contributed by atoms with Crippen LogP contribution in [0.2, 0.25) is 5.02 Å². The number of rotatable bonds is 6. The molecule has 1 aliphatic carbocycles. The van der Waals surface area contributed by atoms with E-state index in [1.165, 1.54) is 38.5 Å². The number of aryl methyl sites for hydroxylation is 1. The van der Waals surface area contributed by atoms with E-state index in [-0.39, 0.29) is 5.92 Å². The molecule has 5 nitrogen and oxygen atoms in total. The van der Waals surface area contributed by atoms with Crippen LogP contribution in [-0.4, -0.2) is 51.7 Å². The fourth-order valence-electron chi connectivity index (χ4n) is 4.11. The molecule has 1 amide bonds. The van der Waals surface area contributed by atoms with Crippen LogP contribution in [0.3, 0.4) is 0 Å². The molecule has 0 aromatic carbocycles. The van der Waals surface area contributed by atoms with Crippen LogP contribution in [0.5, 0.6) is 0 Å². The highest BCUT2D eigenvalue weighted by Crippen LogP contribution is 2.26. The Morgan fingerprint density at radius 1 is 1.20 bits per heavy atom. The second-order valence-electron chi connectivity index (χ2n) is 7.59. The molecule has 0 N–H and O–H groups in total. The number of carbonyl (C=O) groups is 1. The minimum Gasteiger partial charge on any atom is -0.335 e. The first-order valence-corrected chi connectivity index (χ1v) is 10.2. The van der Waals surface area contributed by atoms with E-state index in [2.05, 4.69) is 10.00 Å². The summed E-state index contributed by atoms with van der Waals surface area (Å²) < 4.78 is 1.73. The average Bonchev–Trinajstić information content (AvgIpc) is 3.11. The summed E-state index contributed by atoms with van der Waals surface area (Å²) in [4.78, 5) is 17.7. The zero-order chi connectivity index (χ0) is 17.6. The summed E-state index contributed by atoms with van der Waals surface area (Å²) in [7, 11) is 1.87. The van der Waals surface area contributed by atoms with Crippen LogP contribution in [-0.2, 0) is 18.4 Å². The number of hydrogen-bond acceptors (Lipinski definition) is 3. The molecule has 0 atom stereocenters. The highest BCUT2D eigenvalue weighted by atomic mass is 35.5. The van der Waals surface area contributed by atoms with Gasteiger partial charge in [0, 0.05) is 32.3 Å². The summed E-state index contributed by atoms with van der Waals surface area (Å²) >= 11 is 6.30. The molecule has 0 unspecified atom stereocenters. The molecule has 0 spiro atoms. The molecular weight excluding hydrogens is 336 g/mol. The summed E-state index contributed by atoms with van der Waals surface area (Å²) in [6.45, 7) is 4.60. The lowest BCUT2D eigenvalue weighted by molar-refractivity contribution is -0.136. The number of halogens is 1. The van der Waals surface area contributed by atoms with E-state index in [0.29, 0.717) is 17.5 Å². The molecular formula is C19H31ClN4O. The molecule has 2 heterocycles. The Morgan fingerprint density at radius 3 is 2.48 bits per heavy atom. The maximum Gasteiger partial charge on any atom is 0.226 e. The third kappa shape index (κ3) is 5.20. The fraction of sp³-hybridized carbons (Fsp3) is 0.789. The number of hydrogen-bond donors (Lipinski definition) is 0. The van der Waals surface area contributed by atoms with Crippen LogP contribution in [0.25, 0.3) is 0 Å². The van der Waals surface area contributed by atoms with E-state index in [1.54, 1.807) is 4.68 Å². The van der Waals surface area contributed by atoms with Gasteiger partial charge >= 0.3 is 0 Å². The van der Waals surface area contributed by atoms with E-state index in [1.807, 2.05) is 18.1 Å². The Hall–Kier alpha value is -1.07. The van der Waals surface area contributed by atoms with E-state index in [4.69, 9.17) is 11.6 Å². The number of carbonyl (C=O) groups excluding carboxylic acids is 1. The topological polar surface area (TPSA) is 41.4 Å². The van der Waals surface area contributed by atoms with Gasteiger partial charge in [-0.15, -0.1) is 0 Å². The normalized spacial score (nSPS) is 19.9. The lowest BCUT2D eigenvalue weighted by atomic mass is 9.98. The van der Waals surface area contributed by atoms with E-state index in [0.717, 1.165) is 44.7 Å². The Labute approximate surface area is 156 Å². The van der Waals surface area contributed by atoms with Crippen LogP contribution in [0.15, 0.2) is 6.20 Å². The Balaban J connectivity index is 1.67. The van der Waals surface area contributed by atoms with Crippen molar-refractivity contribution in [2.45, 2.75) is 57.9 Å². The molecule has 140 valence electrons. The molecule has 2 aliphatic rings. The molecule has 1 saturated heterocycles. The quantitative estimate of drug-likeness (QED) is 0.724. The SMILES string of the molecule is Cn1cc(Cl)c(CN(CCN2CCCC2)C(=O)C2CCCCCC2)n1. The highest BCUT2D eigenvalue weighted by molar-refractivity contribution is 6.31. The predicted molar refractivity (Wildman–Crippen MR) is 101 cm³/mol. The van der Waals surface area contributed by atoms with Crippen molar-refractivity contribution >= 4 is 17.5 Å². The molecule has 0 bridgehead atoms. The monoisotopic (exact) mass is 366 g/mol. The zero-order valence-corrected chi connectivity index (χ0v) is 16.2. The number of amides is 1. The van der Waals surface area contributed by atoms with Crippen LogP contribution >= 0.6 is 11.6 Å². The van der Waals surface area contributed by atoms with Gasteiger partial charge in [0.05, 0.1) is 11.6 Å². The molecule has 6 heteroatoms. The molecule has 1 aliphatic heterocycles. The second-order valence-corrected chi connectivity index (χ2v) is 8.00. The van der Waals surface area contributed by atoms with Crippen LogP contribution < -0.4 is 0 Å². The maximum atomic E-state index is 13.2. The lowest BCUT2D eigenvalue weighted by Crippen LogP contribution is -2.40. The van der Waals surface area contributed by atoms with Crippen molar-refractivity contribution in [2.75, 3.05) is 26.2 Å². The zero-order valence-electron chi connectivity index (χ0n) is 15.4. The molecule has 2 fully saturated rings. The average molecular weight is 367 g/mol. The number of likely N-dealkylation sites (tertiary alicyclic amines) is 1. The van der Waals surface area contributed by atoms with Gasteiger partial charge < -0.3 is 9.80 Å². The van der Waals surface area contributed by atoms with Crippen molar-refractivity contribution in [3.8, 4) is 0 Å². The van der Waals surface area contributed by atoms with Gasteiger partial charge in [-0.25, -0.2) is 0 Å². The van der Waals surface area contributed by atoms with E-state index >= 15 is 0 Å². The Bertz CT molecular complexity index is 560. The van der Waals surface area contributed by atoms with Gasteiger partial charge in [0.1, 0.15) is 5.69 Å². The van der Waals surface area contributed by atoms with Crippen LogP contribution in [0.1, 0.15) is 57.1 Å². The smallest absolute Gasteiger partial charge is 0.226 e. The van der Waals surface area contributed by atoms with Crippen LogP contribution in [0, 0.1) is 5.92 Å². The first kappa shape index (κ1) is 18.7. The summed E-state index contributed by atoms with van der Waals surface area (Å²) in [5.41, 5.74) is 0.813. The first-order valence-electron chi connectivity index (χ1n) is 9.82. The third-order valence-corrected chi connectivity index (χ3v) is 5.91. The van der Waals surface area contributed by atoms with Crippen molar-refractivity contribution in [1.29, 1.82) is 0 Å². The van der Waals surface area contributed by atoms with Crippen LogP contribution in [0.4, 0.5) is 0 Å². The number of aromatic nitrogens is 2. The fourth-order valence-corrected chi connectivity index (χ4v) is 4.35. The van der Waals surface area contributed by atoms with Gasteiger partial charge in [0.25, 0.3) is 0 Å². The third-order valence-electron chi connectivity index (χ3n) is 5.60. The number of nitrogens with zero attached hydrogens (tertiary/aromatic N) is 4.